The van der Waals surface area contributed by atoms with Gasteiger partial charge in [0.2, 0.25) is 0 Å². The van der Waals surface area contributed by atoms with Crippen LogP contribution in [0.3, 0.4) is 0 Å². The number of carbonyl (C=O) groups excluding carboxylic acids is 1. The average molecular weight is 357 g/mol. The van der Waals surface area contributed by atoms with Crippen LogP contribution in [0.1, 0.15) is 39.9 Å². The Morgan fingerprint density at radius 3 is 2.59 bits per heavy atom. The predicted octanol–water partition coefficient (Wildman–Crippen LogP) is 5.40. The third-order valence-electron chi connectivity index (χ3n) is 4.99. The van der Waals surface area contributed by atoms with E-state index in [1.807, 2.05) is 60.7 Å². The highest BCUT2D eigenvalue weighted by molar-refractivity contribution is 6.05. The average Bonchev–Trinajstić information content (AvgIpc) is 2.73. The second-order valence-electron chi connectivity index (χ2n) is 6.91. The monoisotopic (exact) mass is 357 g/mol. The zero-order valence-electron chi connectivity index (χ0n) is 15.3. The number of hydrogen-bond donors (Lipinski definition) is 1. The number of anilines is 1. The number of nitrogens with one attached hydrogen (secondary N) is 1. The fourth-order valence-electron chi connectivity index (χ4n) is 3.56. The lowest BCUT2D eigenvalue weighted by Gasteiger charge is -2.19. The number of hydrogen-bond acceptors (Lipinski definition) is 2. The third-order valence-corrected chi connectivity index (χ3v) is 4.99. The molecule has 4 rings (SSSR count). The summed E-state index contributed by atoms with van der Waals surface area (Å²) in [6.45, 7) is 0.484. The number of amides is 1. The molecule has 1 aliphatic rings. The molecule has 27 heavy (non-hydrogen) atoms. The molecule has 0 atom stereocenters. The highest BCUT2D eigenvalue weighted by atomic mass is 16.5. The van der Waals surface area contributed by atoms with Crippen molar-refractivity contribution in [3.05, 3.63) is 95.1 Å². The molecule has 0 fully saturated rings. The molecular weight excluding hydrogens is 334 g/mol. The second kappa shape index (κ2) is 8.09. The van der Waals surface area contributed by atoms with E-state index < -0.39 is 0 Å². The summed E-state index contributed by atoms with van der Waals surface area (Å²) < 4.78 is 5.84. The van der Waals surface area contributed by atoms with Crippen LogP contribution in [-0.2, 0) is 19.4 Å². The van der Waals surface area contributed by atoms with Gasteiger partial charge in [0.05, 0.1) is 0 Å². The fourth-order valence-corrected chi connectivity index (χ4v) is 3.56. The maximum Gasteiger partial charge on any atom is 0.255 e. The first-order valence-electron chi connectivity index (χ1n) is 9.48. The Bertz CT molecular complexity index is 934. The summed E-state index contributed by atoms with van der Waals surface area (Å²) in [6, 6.07) is 23.6. The van der Waals surface area contributed by atoms with Gasteiger partial charge in [-0.3, -0.25) is 4.79 Å². The maximum absolute atomic E-state index is 12.8. The Balaban J connectivity index is 1.46. The number of rotatable bonds is 5. The summed E-state index contributed by atoms with van der Waals surface area (Å²) in [5, 5.41) is 3.09. The number of benzene rings is 3. The van der Waals surface area contributed by atoms with Gasteiger partial charge in [-0.05, 0) is 66.6 Å². The summed E-state index contributed by atoms with van der Waals surface area (Å²) >= 11 is 0. The summed E-state index contributed by atoms with van der Waals surface area (Å²) in [5.74, 6) is 0.598. The quantitative estimate of drug-likeness (QED) is 0.664. The standard InChI is InChI=1S/C24H23NO2/c26-24(25-23-15-7-11-19-10-4-5-14-22(19)23)20-12-6-13-21(16-20)27-17-18-8-2-1-3-9-18/h1-3,6-9,11-13,15-16H,4-5,10,14,17H2,(H,25,26). The molecule has 3 aromatic carbocycles. The van der Waals surface area contributed by atoms with Gasteiger partial charge >= 0.3 is 0 Å². The van der Waals surface area contributed by atoms with Gasteiger partial charge in [-0.2, -0.15) is 0 Å². The molecule has 0 bridgehead atoms. The van der Waals surface area contributed by atoms with Gasteiger partial charge in [-0.1, -0.05) is 48.5 Å². The number of ether oxygens (including phenoxy) is 1. The van der Waals surface area contributed by atoms with Crippen LogP contribution in [0.4, 0.5) is 5.69 Å². The molecule has 1 N–H and O–H groups in total. The molecule has 136 valence electrons. The number of aryl methyl sites for hydroxylation is 1. The normalized spacial score (nSPS) is 12.9. The molecule has 1 aliphatic carbocycles. The first-order valence-corrected chi connectivity index (χ1v) is 9.48. The van der Waals surface area contributed by atoms with Crippen molar-refractivity contribution in [2.24, 2.45) is 0 Å². The van der Waals surface area contributed by atoms with Crippen LogP contribution in [0.5, 0.6) is 5.75 Å². The molecule has 0 radical (unpaired) electrons. The predicted molar refractivity (Wildman–Crippen MR) is 108 cm³/mol. The molecule has 3 heteroatoms. The van der Waals surface area contributed by atoms with E-state index in [4.69, 9.17) is 4.74 Å². The van der Waals surface area contributed by atoms with E-state index in [-0.39, 0.29) is 5.91 Å². The zero-order valence-corrected chi connectivity index (χ0v) is 15.3. The van der Waals surface area contributed by atoms with Gasteiger partial charge in [-0.25, -0.2) is 0 Å². The summed E-state index contributed by atoms with van der Waals surface area (Å²) in [5.41, 5.74) is 5.29. The molecular formula is C24H23NO2. The van der Waals surface area contributed by atoms with Gasteiger partial charge in [0.25, 0.3) is 5.91 Å². The first kappa shape index (κ1) is 17.3. The van der Waals surface area contributed by atoms with Crippen molar-refractivity contribution in [1.82, 2.24) is 0 Å². The van der Waals surface area contributed by atoms with Crippen LogP contribution < -0.4 is 10.1 Å². The van der Waals surface area contributed by atoms with Gasteiger partial charge < -0.3 is 10.1 Å². The second-order valence-corrected chi connectivity index (χ2v) is 6.91. The fraction of sp³-hybridized carbons (Fsp3) is 0.208. The number of fused-ring (bicyclic) bond motifs is 1. The van der Waals surface area contributed by atoms with Gasteiger partial charge in [0, 0.05) is 11.3 Å². The molecule has 1 amide bonds. The van der Waals surface area contributed by atoms with E-state index in [0.717, 1.165) is 24.1 Å². The summed E-state index contributed by atoms with van der Waals surface area (Å²) in [7, 11) is 0. The highest BCUT2D eigenvalue weighted by Crippen LogP contribution is 2.28. The van der Waals surface area contributed by atoms with Crippen molar-refractivity contribution < 1.29 is 9.53 Å². The molecule has 0 saturated carbocycles. The van der Waals surface area contributed by atoms with Crippen molar-refractivity contribution in [2.45, 2.75) is 32.3 Å². The largest absolute Gasteiger partial charge is 0.489 e. The van der Waals surface area contributed by atoms with Gasteiger partial charge in [0.15, 0.2) is 0 Å². The first-order chi connectivity index (χ1) is 13.3. The lowest BCUT2D eigenvalue weighted by atomic mass is 9.90. The Morgan fingerprint density at radius 2 is 1.70 bits per heavy atom. The van der Waals surface area contributed by atoms with Crippen molar-refractivity contribution in [3.8, 4) is 5.75 Å². The van der Waals surface area contributed by atoms with Crippen LogP contribution in [-0.4, -0.2) is 5.91 Å². The minimum Gasteiger partial charge on any atom is -0.489 e. The summed E-state index contributed by atoms with van der Waals surface area (Å²) in [6.07, 6.45) is 4.54. The van der Waals surface area contributed by atoms with E-state index in [0.29, 0.717) is 17.9 Å². The van der Waals surface area contributed by atoms with E-state index >= 15 is 0 Å². The molecule has 0 unspecified atom stereocenters. The highest BCUT2D eigenvalue weighted by Gasteiger charge is 2.15. The van der Waals surface area contributed by atoms with Crippen LogP contribution in [0.25, 0.3) is 0 Å². The molecule has 0 heterocycles. The maximum atomic E-state index is 12.8. The Morgan fingerprint density at radius 1 is 0.889 bits per heavy atom. The SMILES string of the molecule is O=C(Nc1cccc2c1CCCC2)c1cccc(OCc2ccccc2)c1. The van der Waals surface area contributed by atoms with Crippen molar-refractivity contribution in [3.63, 3.8) is 0 Å². The van der Waals surface area contributed by atoms with Gasteiger partial charge in [-0.15, -0.1) is 0 Å². The van der Waals surface area contributed by atoms with Gasteiger partial charge in [0.1, 0.15) is 12.4 Å². The van der Waals surface area contributed by atoms with E-state index in [9.17, 15) is 4.79 Å². The van der Waals surface area contributed by atoms with Crippen LogP contribution in [0.15, 0.2) is 72.8 Å². The third kappa shape index (κ3) is 4.20. The zero-order chi connectivity index (χ0) is 18.5. The molecule has 0 aromatic heterocycles. The van der Waals surface area contributed by atoms with Crippen LogP contribution in [0, 0.1) is 0 Å². The molecule has 3 aromatic rings. The van der Waals surface area contributed by atoms with Crippen molar-refractivity contribution in [1.29, 1.82) is 0 Å². The van der Waals surface area contributed by atoms with E-state index in [2.05, 4.69) is 11.4 Å². The van der Waals surface area contributed by atoms with Crippen LogP contribution >= 0.6 is 0 Å². The smallest absolute Gasteiger partial charge is 0.255 e. The molecule has 0 spiro atoms. The van der Waals surface area contributed by atoms with Crippen molar-refractivity contribution >= 4 is 11.6 Å². The summed E-state index contributed by atoms with van der Waals surface area (Å²) in [4.78, 5) is 12.8. The van der Waals surface area contributed by atoms with E-state index in [1.165, 1.54) is 24.0 Å². The Kier molecular flexibility index (Phi) is 5.20. The molecule has 3 nitrogen and oxygen atoms in total. The lowest BCUT2D eigenvalue weighted by Crippen LogP contribution is -2.15. The van der Waals surface area contributed by atoms with Crippen LogP contribution in [0.2, 0.25) is 0 Å². The Hall–Kier alpha value is -3.07. The minimum atomic E-state index is -0.0980. The Labute approximate surface area is 160 Å². The lowest BCUT2D eigenvalue weighted by molar-refractivity contribution is 0.102. The number of carbonyl (C=O) groups is 1. The topological polar surface area (TPSA) is 38.3 Å². The van der Waals surface area contributed by atoms with Crippen molar-refractivity contribution in [2.75, 3.05) is 5.32 Å². The molecule has 0 aliphatic heterocycles. The minimum absolute atomic E-state index is 0.0980. The molecule has 0 saturated heterocycles. The van der Waals surface area contributed by atoms with E-state index in [1.54, 1.807) is 6.07 Å².